The fraction of sp³-hybridized carbons (Fsp3) is 1.00. The van der Waals surface area contributed by atoms with Crippen LogP contribution in [0.2, 0.25) is 0 Å². The van der Waals surface area contributed by atoms with E-state index in [-0.39, 0.29) is 6.10 Å². The van der Waals surface area contributed by atoms with E-state index in [9.17, 15) is 5.11 Å². The highest BCUT2D eigenvalue weighted by Gasteiger charge is 2.06. The maximum absolute atomic E-state index is 9.55. The lowest BCUT2D eigenvalue weighted by Gasteiger charge is -2.17. The van der Waals surface area contributed by atoms with Crippen molar-refractivity contribution in [2.75, 3.05) is 45.7 Å². The molecule has 0 amide bonds. The van der Waals surface area contributed by atoms with Gasteiger partial charge < -0.3 is 15.3 Å². The molecule has 0 saturated carbocycles. The molecular weight excluding hydrogens is 196 g/mol. The molecule has 0 aliphatic rings. The minimum absolute atomic E-state index is 0.258. The summed E-state index contributed by atoms with van der Waals surface area (Å²) in [6.07, 6.45) is 1.86. The van der Waals surface area contributed by atoms with Gasteiger partial charge in [-0.25, -0.2) is 0 Å². The van der Waals surface area contributed by atoms with E-state index < -0.39 is 0 Å². The summed E-state index contributed by atoms with van der Waals surface area (Å²) < 4.78 is 0. The van der Waals surface area contributed by atoms with E-state index >= 15 is 0 Å². The highest BCUT2D eigenvalue weighted by Crippen LogP contribution is 2.02. The van der Waals surface area contributed by atoms with Crippen LogP contribution in [0.15, 0.2) is 0 Å². The standard InChI is InChI=1S/C10H24N2OS/c1-9(8-14-4)5-11-6-10(13)7-12(2)3/h9-11,13H,5-8H2,1-4H3. The van der Waals surface area contributed by atoms with Crippen molar-refractivity contribution in [2.45, 2.75) is 13.0 Å². The van der Waals surface area contributed by atoms with E-state index in [1.54, 1.807) is 0 Å². The molecule has 0 saturated heterocycles. The van der Waals surface area contributed by atoms with Crippen molar-refractivity contribution in [1.29, 1.82) is 0 Å². The van der Waals surface area contributed by atoms with Crippen molar-refractivity contribution in [3.8, 4) is 0 Å². The molecule has 0 spiro atoms. The Labute approximate surface area is 92.3 Å². The van der Waals surface area contributed by atoms with Crippen LogP contribution in [0.25, 0.3) is 0 Å². The number of aliphatic hydroxyl groups is 1. The first-order chi connectivity index (χ1) is 6.56. The summed E-state index contributed by atoms with van der Waals surface area (Å²) in [5, 5.41) is 12.8. The van der Waals surface area contributed by atoms with Crippen molar-refractivity contribution in [3.63, 3.8) is 0 Å². The van der Waals surface area contributed by atoms with Gasteiger partial charge in [0.1, 0.15) is 0 Å². The van der Waals surface area contributed by atoms with Gasteiger partial charge in [0.25, 0.3) is 0 Å². The maximum atomic E-state index is 9.55. The highest BCUT2D eigenvalue weighted by atomic mass is 32.2. The predicted molar refractivity (Wildman–Crippen MR) is 65.0 cm³/mol. The summed E-state index contributed by atoms with van der Waals surface area (Å²) in [5.41, 5.74) is 0. The number of thioether (sulfide) groups is 1. The monoisotopic (exact) mass is 220 g/mol. The molecule has 0 bridgehead atoms. The molecule has 0 aromatic carbocycles. The number of nitrogens with zero attached hydrogens (tertiary/aromatic N) is 1. The Hall–Kier alpha value is 0.230. The summed E-state index contributed by atoms with van der Waals surface area (Å²) >= 11 is 1.87. The molecule has 4 heteroatoms. The summed E-state index contributed by atoms with van der Waals surface area (Å²) in [6.45, 7) is 4.63. The van der Waals surface area contributed by atoms with Gasteiger partial charge in [0.15, 0.2) is 0 Å². The molecule has 2 N–H and O–H groups in total. The molecule has 0 aromatic heterocycles. The molecule has 0 heterocycles. The molecular formula is C10H24N2OS. The number of hydrogen-bond acceptors (Lipinski definition) is 4. The second-order valence-corrected chi connectivity index (χ2v) is 5.05. The minimum atomic E-state index is -0.258. The Balaban J connectivity index is 3.34. The molecule has 0 aliphatic carbocycles. The van der Waals surface area contributed by atoms with Crippen LogP contribution in [0.1, 0.15) is 6.92 Å². The Morgan fingerprint density at radius 3 is 2.50 bits per heavy atom. The molecule has 0 fully saturated rings. The summed E-state index contributed by atoms with van der Waals surface area (Å²) in [4.78, 5) is 2.00. The molecule has 86 valence electrons. The van der Waals surface area contributed by atoms with Crippen molar-refractivity contribution in [3.05, 3.63) is 0 Å². The van der Waals surface area contributed by atoms with E-state index in [2.05, 4.69) is 18.5 Å². The summed E-state index contributed by atoms with van der Waals surface area (Å²) in [7, 11) is 3.94. The fourth-order valence-corrected chi connectivity index (χ4v) is 2.01. The average Bonchev–Trinajstić information content (AvgIpc) is 2.02. The maximum Gasteiger partial charge on any atom is 0.0791 e. The number of rotatable bonds is 8. The first-order valence-electron chi connectivity index (χ1n) is 5.08. The Bertz CT molecular complexity index is 133. The largest absolute Gasteiger partial charge is 0.390 e. The van der Waals surface area contributed by atoms with Gasteiger partial charge in [0, 0.05) is 13.1 Å². The van der Waals surface area contributed by atoms with Gasteiger partial charge >= 0.3 is 0 Å². The molecule has 0 radical (unpaired) electrons. The van der Waals surface area contributed by atoms with E-state index in [1.807, 2.05) is 30.8 Å². The molecule has 14 heavy (non-hydrogen) atoms. The number of aliphatic hydroxyl groups excluding tert-OH is 1. The second kappa shape index (κ2) is 8.53. The van der Waals surface area contributed by atoms with Gasteiger partial charge in [-0.1, -0.05) is 6.92 Å². The summed E-state index contributed by atoms with van der Waals surface area (Å²) in [5.74, 6) is 1.85. The third kappa shape index (κ3) is 8.81. The van der Waals surface area contributed by atoms with Crippen LogP contribution in [0.3, 0.4) is 0 Å². The minimum Gasteiger partial charge on any atom is -0.390 e. The van der Waals surface area contributed by atoms with E-state index in [0.29, 0.717) is 12.5 Å². The lowest BCUT2D eigenvalue weighted by atomic mass is 10.2. The zero-order chi connectivity index (χ0) is 11.0. The fourth-order valence-electron chi connectivity index (χ4n) is 1.33. The molecule has 2 unspecified atom stereocenters. The first kappa shape index (κ1) is 14.2. The smallest absolute Gasteiger partial charge is 0.0791 e. The normalized spacial score (nSPS) is 15.9. The van der Waals surface area contributed by atoms with Gasteiger partial charge in [0.05, 0.1) is 6.10 Å². The Kier molecular flexibility index (Phi) is 8.67. The second-order valence-electron chi connectivity index (χ2n) is 4.13. The average molecular weight is 220 g/mol. The zero-order valence-corrected chi connectivity index (χ0v) is 10.6. The van der Waals surface area contributed by atoms with E-state index in [1.165, 1.54) is 5.75 Å². The van der Waals surface area contributed by atoms with E-state index in [0.717, 1.165) is 13.1 Å². The van der Waals surface area contributed by atoms with Gasteiger partial charge in [-0.05, 0) is 38.6 Å². The molecule has 0 rings (SSSR count). The number of hydrogen-bond donors (Lipinski definition) is 2. The predicted octanol–water partition coefficient (Wildman–Crippen LogP) is 0.498. The van der Waals surface area contributed by atoms with Gasteiger partial charge in [-0.3, -0.25) is 0 Å². The lowest BCUT2D eigenvalue weighted by molar-refractivity contribution is 0.134. The van der Waals surface area contributed by atoms with Crippen molar-refractivity contribution in [1.82, 2.24) is 10.2 Å². The van der Waals surface area contributed by atoms with Crippen LogP contribution in [0, 0.1) is 5.92 Å². The summed E-state index contributed by atoms with van der Waals surface area (Å²) in [6, 6.07) is 0. The van der Waals surface area contributed by atoms with Gasteiger partial charge in [0.2, 0.25) is 0 Å². The Morgan fingerprint density at radius 2 is 2.00 bits per heavy atom. The van der Waals surface area contributed by atoms with Crippen molar-refractivity contribution in [2.24, 2.45) is 5.92 Å². The quantitative estimate of drug-likeness (QED) is 0.624. The van der Waals surface area contributed by atoms with E-state index in [4.69, 9.17) is 0 Å². The number of likely N-dealkylation sites (N-methyl/N-ethyl adjacent to an activating group) is 1. The zero-order valence-electron chi connectivity index (χ0n) is 9.79. The molecule has 0 aromatic rings. The van der Waals surface area contributed by atoms with Crippen LogP contribution in [0.5, 0.6) is 0 Å². The Morgan fingerprint density at radius 1 is 1.36 bits per heavy atom. The van der Waals surface area contributed by atoms with Gasteiger partial charge in [-0.15, -0.1) is 0 Å². The van der Waals surface area contributed by atoms with Crippen LogP contribution >= 0.6 is 11.8 Å². The topological polar surface area (TPSA) is 35.5 Å². The number of nitrogens with one attached hydrogen (secondary N) is 1. The third-order valence-corrected chi connectivity index (χ3v) is 2.80. The van der Waals surface area contributed by atoms with Crippen LogP contribution in [-0.4, -0.2) is 61.8 Å². The van der Waals surface area contributed by atoms with Gasteiger partial charge in [-0.2, -0.15) is 11.8 Å². The SMILES string of the molecule is CSCC(C)CNCC(O)CN(C)C. The molecule has 2 atom stereocenters. The third-order valence-electron chi connectivity index (χ3n) is 1.90. The molecule has 3 nitrogen and oxygen atoms in total. The molecule has 0 aliphatic heterocycles. The van der Waals surface area contributed by atoms with Crippen LogP contribution in [0.4, 0.5) is 0 Å². The first-order valence-corrected chi connectivity index (χ1v) is 6.48. The van der Waals surface area contributed by atoms with Crippen molar-refractivity contribution < 1.29 is 5.11 Å². The lowest BCUT2D eigenvalue weighted by Crippen LogP contribution is -2.36. The highest BCUT2D eigenvalue weighted by molar-refractivity contribution is 7.98. The van der Waals surface area contributed by atoms with Crippen LogP contribution < -0.4 is 5.32 Å². The van der Waals surface area contributed by atoms with Crippen molar-refractivity contribution >= 4 is 11.8 Å². The van der Waals surface area contributed by atoms with Crippen LogP contribution in [-0.2, 0) is 0 Å².